The first kappa shape index (κ1) is 13.2. The third-order valence-corrected chi connectivity index (χ3v) is 3.37. The lowest BCUT2D eigenvalue weighted by molar-refractivity contribution is -0.143. The topological polar surface area (TPSA) is 92.5 Å². The number of carboxylic acids is 1. The molecule has 0 fully saturated rings. The fourth-order valence-electron chi connectivity index (χ4n) is 1.56. The number of carbonyl (C=O) groups is 2. The Kier molecular flexibility index (Phi) is 3.61. The van der Waals surface area contributed by atoms with Crippen molar-refractivity contribution in [3.8, 4) is 0 Å². The zero-order valence-corrected chi connectivity index (χ0v) is 10.9. The molecule has 0 atom stereocenters. The van der Waals surface area contributed by atoms with Crippen LogP contribution in [0, 0.1) is 0 Å². The fraction of sp³-hybridized carbons (Fsp3) is 0.273. The monoisotopic (exact) mass is 281 g/mol. The van der Waals surface area contributed by atoms with Crippen molar-refractivity contribution in [1.82, 2.24) is 14.5 Å². The van der Waals surface area contributed by atoms with Crippen LogP contribution >= 0.6 is 11.3 Å². The minimum Gasteiger partial charge on any atom is -0.480 e. The Balaban J connectivity index is 2.21. The Hall–Kier alpha value is -2.22. The van der Waals surface area contributed by atoms with Crippen LogP contribution in [0.4, 0.5) is 0 Å². The van der Waals surface area contributed by atoms with Crippen molar-refractivity contribution in [2.45, 2.75) is 6.54 Å². The van der Waals surface area contributed by atoms with Crippen molar-refractivity contribution in [3.05, 3.63) is 28.1 Å². The lowest BCUT2D eigenvalue weighted by Crippen LogP contribution is -2.36. The number of amides is 1. The normalized spacial score (nSPS) is 10.6. The summed E-state index contributed by atoms with van der Waals surface area (Å²) in [5, 5.41) is 10.8. The van der Waals surface area contributed by atoms with Gasteiger partial charge in [-0.05, 0) is 11.4 Å². The van der Waals surface area contributed by atoms with E-state index in [0.29, 0.717) is 10.2 Å². The van der Waals surface area contributed by atoms with Crippen LogP contribution in [0.5, 0.6) is 0 Å². The fourth-order valence-corrected chi connectivity index (χ4v) is 2.29. The molecule has 0 saturated heterocycles. The number of hydrogen-bond acceptors (Lipinski definition) is 5. The number of carbonyl (C=O) groups excluding carboxylic acids is 1. The minimum atomic E-state index is -1.10. The molecule has 1 amide bonds. The molecule has 0 unspecified atom stereocenters. The van der Waals surface area contributed by atoms with Gasteiger partial charge < -0.3 is 10.0 Å². The second-order valence-corrected chi connectivity index (χ2v) is 4.86. The van der Waals surface area contributed by atoms with Crippen molar-refractivity contribution in [3.63, 3.8) is 0 Å². The maximum Gasteiger partial charge on any atom is 0.323 e. The molecule has 2 aromatic rings. The second-order valence-electron chi connectivity index (χ2n) is 3.96. The average Bonchev–Trinajstić information content (AvgIpc) is 2.80. The first-order chi connectivity index (χ1) is 8.99. The maximum absolute atomic E-state index is 12.0. The summed E-state index contributed by atoms with van der Waals surface area (Å²) >= 11 is 1.35. The second kappa shape index (κ2) is 5.19. The Morgan fingerprint density at radius 2 is 2.26 bits per heavy atom. The van der Waals surface area contributed by atoms with E-state index in [1.807, 2.05) is 0 Å². The highest BCUT2D eigenvalue weighted by molar-refractivity contribution is 7.16. The van der Waals surface area contributed by atoms with Crippen LogP contribution in [-0.2, 0) is 16.1 Å². The molecule has 0 spiro atoms. The molecule has 0 aliphatic rings. The Morgan fingerprint density at radius 3 is 2.95 bits per heavy atom. The van der Waals surface area contributed by atoms with Gasteiger partial charge in [-0.15, -0.1) is 11.3 Å². The maximum atomic E-state index is 12.0. The Labute approximate surface area is 111 Å². The summed E-state index contributed by atoms with van der Waals surface area (Å²) in [5.74, 6) is -1.56. The van der Waals surface area contributed by atoms with Crippen LogP contribution in [-0.4, -0.2) is 45.0 Å². The predicted octanol–water partition coefficient (Wildman–Crippen LogP) is 0.00100. The van der Waals surface area contributed by atoms with E-state index >= 15 is 0 Å². The third kappa shape index (κ3) is 2.79. The van der Waals surface area contributed by atoms with Crippen LogP contribution in [0.15, 0.2) is 22.6 Å². The molecule has 0 aromatic carbocycles. The molecule has 2 rings (SSSR count). The summed E-state index contributed by atoms with van der Waals surface area (Å²) in [6.07, 6.45) is 1.30. The first-order valence-electron chi connectivity index (χ1n) is 5.37. The van der Waals surface area contributed by atoms with Gasteiger partial charge in [0.05, 0.1) is 11.7 Å². The van der Waals surface area contributed by atoms with E-state index in [1.54, 1.807) is 11.4 Å². The average molecular weight is 281 g/mol. The van der Waals surface area contributed by atoms with Crippen molar-refractivity contribution in [2.75, 3.05) is 13.6 Å². The molecule has 8 heteroatoms. The third-order valence-electron chi connectivity index (χ3n) is 2.55. The van der Waals surface area contributed by atoms with Crippen molar-refractivity contribution < 1.29 is 14.7 Å². The molecule has 7 nitrogen and oxygen atoms in total. The molecule has 0 aliphatic heterocycles. The van der Waals surface area contributed by atoms with Gasteiger partial charge in [0.1, 0.15) is 17.9 Å². The largest absolute Gasteiger partial charge is 0.480 e. The number of hydrogen-bond donors (Lipinski definition) is 1. The molecule has 0 saturated carbocycles. The van der Waals surface area contributed by atoms with Gasteiger partial charge in [0.15, 0.2) is 0 Å². The number of thiophene rings is 1. The highest BCUT2D eigenvalue weighted by Crippen LogP contribution is 2.13. The van der Waals surface area contributed by atoms with E-state index in [-0.39, 0.29) is 12.1 Å². The Morgan fingerprint density at radius 1 is 1.53 bits per heavy atom. The number of carboxylic acid groups (broad SMARTS) is 1. The van der Waals surface area contributed by atoms with Gasteiger partial charge in [0.25, 0.3) is 5.56 Å². The number of likely N-dealkylation sites (N-methyl/N-ethyl adjacent to an activating group) is 1. The van der Waals surface area contributed by atoms with Crippen LogP contribution in [0.2, 0.25) is 0 Å². The molecule has 0 bridgehead atoms. The van der Waals surface area contributed by atoms with Gasteiger partial charge in [-0.3, -0.25) is 19.0 Å². The zero-order valence-electron chi connectivity index (χ0n) is 10.1. The molecular weight excluding hydrogens is 270 g/mol. The van der Waals surface area contributed by atoms with Gasteiger partial charge in [0.2, 0.25) is 5.91 Å². The minimum absolute atomic E-state index is 0.221. The predicted molar refractivity (Wildman–Crippen MR) is 69.2 cm³/mol. The van der Waals surface area contributed by atoms with Crippen molar-refractivity contribution >= 4 is 33.4 Å². The van der Waals surface area contributed by atoms with Crippen LogP contribution in [0.3, 0.4) is 0 Å². The van der Waals surface area contributed by atoms with Crippen molar-refractivity contribution in [2.24, 2.45) is 0 Å². The lowest BCUT2D eigenvalue weighted by Gasteiger charge is -2.14. The summed E-state index contributed by atoms with van der Waals surface area (Å²) in [4.78, 5) is 40.0. The number of aliphatic carboxylic acids is 1. The molecule has 1 N–H and O–H groups in total. The SMILES string of the molecule is CN(CC(=O)O)C(=O)Cn1cnc2sccc2c1=O. The van der Waals surface area contributed by atoms with E-state index in [1.165, 1.54) is 29.3 Å². The standard InChI is InChI=1S/C11H11N3O4S/c1-13(5-9(16)17)8(15)4-14-6-12-10-7(11(14)18)2-3-19-10/h2-3,6H,4-5H2,1H3,(H,16,17). The van der Waals surface area contributed by atoms with Gasteiger partial charge in [0, 0.05) is 7.05 Å². The van der Waals surface area contributed by atoms with E-state index < -0.39 is 18.4 Å². The molecule has 19 heavy (non-hydrogen) atoms. The number of rotatable bonds is 4. The van der Waals surface area contributed by atoms with Crippen LogP contribution in [0.1, 0.15) is 0 Å². The Bertz CT molecular complexity index is 691. The molecular formula is C11H11N3O4S. The van der Waals surface area contributed by atoms with Gasteiger partial charge in [-0.25, -0.2) is 4.98 Å². The van der Waals surface area contributed by atoms with Crippen LogP contribution < -0.4 is 5.56 Å². The quantitative estimate of drug-likeness (QED) is 0.851. The lowest BCUT2D eigenvalue weighted by atomic mass is 10.4. The van der Waals surface area contributed by atoms with Crippen molar-refractivity contribution in [1.29, 1.82) is 0 Å². The van der Waals surface area contributed by atoms with E-state index in [9.17, 15) is 14.4 Å². The summed E-state index contributed by atoms with van der Waals surface area (Å²) in [5.41, 5.74) is -0.302. The van der Waals surface area contributed by atoms with E-state index in [2.05, 4.69) is 4.98 Å². The molecule has 100 valence electrons. The number of aromatic nitrogens is 2. The van der Waals surface area contributed by atoms with Gasteiger partial charge in [-0.1, -0.05) is 0 Å². The van der Waals surface area contributed by atoms with E-state index in [0.717, 1.165) is 4.90 Å². The summed E-state index contributed by atoms with van der Waals surface area (Å²) in [7, 11) is 1.37. The molecule has 2 heterocycles. The number of fused-ring (bicyclic) bond motifs is 1. The molecule has 0 radical (unpaired) electrons. The van der Waals surface area contributed by atoms with Gasteiger partial charge in [-0.2, -0.15) is 0 Å². The molecule has 0 aliphatic carbocycles. The molecule has 2 aromatic heterocycles. The highest BCUT2D eigenvalue weighted by Gasteiger charge is 2.14. The smallest absolute Gasteiger partial charge is 0.323 e. The highest BCUT2D eigenvalue weighted by atomic mass is 32.1. The zero-order chi connectivity index (χ0) is 14.0. The van der Waals surface area contributed by atoms with E-state index in [4.69, 9.17) is 5.11 Å². The van der Waals surface area contributed by atoms with Gasteiger partial charge >= 0.3 is 5.97 Å². The summed E-state index contributed by atoms with van der Waals surface area (Å²) in [6, 6.07) is 1.65. The number of nitrogens with zero attached hydrogens (tertiary/aromatic N) is 3. The summed E-state index contributed by atoms with van der Waals surface area (Å²) < 4.78 is 1.18. The summed E-state index contributed by atoms with van der Waals surface area (Å²) in [6.45, 7) is -0.622. The van der Waals surface area contributed by atoms with Crippen LogP contribution in [0.25, 0.3) is 10.2 Å². The first-order valence-corrected chi connectivity index (χ1v) is 6.25.